The first-order chi connectivity index (χ1) is 10.1. The Morgan fingerprint density at radius 3 is 2.57 bits per heavy atom. The number of carbonyl (C=O) groups is 1. The molecule has 4 nitrogen and oxygen atoms in total. The zero-order chi connectivity index (χ0) is 15.7. The van der Waals surface area contributed by atoms with Crippen molar-refractivity contribution in [3.05, 3.63) is 35.4 Å². The zero-order valence-corrected chi connectivity index (χ0v) is 13.6. The Hall–Kier alpha value is -1.39. The molecule has 0 radical (unpaired) electrons. The number of nitrogens with one attached hydrogen (secondary N) is 1. The van der Waals surface area contributed by atoms with Crippen molar-refractivity contribution in [1.82, 2.24) is 10.2 Å². The van der Waals surface area contributed by atoms with Crippen LogP contribution in [0.25, 0.3) is 0 Å². The molecule has 0 aliphatic rings. The van der Waals surface area contributed by atoms with Crippen LogP contribution in [0, 0.1) is 0 Å². The number of amides is 1. The van der Waals surface area contributed by atoms with Gasteiger partial charge in [-0.1, -0.05) is 32.0 Å². The fourth-order valence-electron chi connectivity index (χ4n) is 2.46. The lowest BCUT2D eigenvalue weighted by Gasteiger charge is -2.20. The summed E-state index contributed by atoms with van der Waals surface area (Å²) in [4.78, 5) is 13.8. The molecular weight excluding hydrogens is 262 g/mol. The molecule has 118 valence electrons. The van der Waals surface area contributed by atoms with E-state index in [1.165, 1.54) is 6.42 Å². The van der Waals surface area contributed by atoms with Gasteiger partial charge in [0, 0.05) is 18.2 Å². The molecule has 0 aliphatic heterocycles. The molecule has 21 heavy (non-hydrogen) atoms. The molecule has 1 aromatic rings. The number of hydrogen-bond acceptors (Lipinski definition) is 3. The fourth-order valence-corrected chi connectivity index (χ4v) is 2.46. The highest BCUT2D eigenvalue weighted by atomic mass is 16.1. The highest BCUT2D eigenvalue weighted by Crippen LogP contribution is 2.09. The summed E-state index contributed by atoms with van der Waals surface area (Å²) in [5, 5.41) is 3.48. The van der Waals surface area contributed by atoms with Gasteiger partial charge in [0.2, 0.25) is 5.91 Å². The normalized spacial score (nSPS) is 12.6. The van der Waals surface area contributed by atoms with Crippen LogP contribution in [-0.2, 0) is 6.54 Å². The van der Waals surface area contributed by atoms with Gasteiger partial charge in [-0.15, -0.1) is 0 Å². The lowest BCUT2D eigenvalue weighted by molar-refractivity contribution is 0.0999. The van der Waals surface area contributed by atoms with Gasteiger partial charge in [-0.05, 0) is 51.0 Å². The van der Waals surface area contributed by atoms with Gasteiger partial charge in [0.15, 0.2) is 0 Å². The molecule has 0 saturated heterocycles. The van der Waals surface area contributed by atoms with Crippen molar-refractivity contribution in [1.29, 1.82) is 0 Å². The number of nitrogens with zero attached hydrogens (tertiary/aromatic N) is 1. The second-order valence-corrected chi connectivity index (χ2v) is 5.47. The number of nitrogens with two attached hydrogens (primary N) is 1. The SMILES string of the molecule is CCN(CC)CCCC(C)NCc1ccccc1C(N)=O. The number of primary amides is 1. The second-order valence-electron chi connectivity index (χ2n) is 5.47. The minimum Gasteiger partial charge on any atom is -0.366 e. The molecule has 0 bridgehead atoms. The lowest BCUT2D eigenvalue weighted by Crippen LogP contribution is -2.29. The smallest absolute Gasteiger partial charge is 0.249 e. The van der Waals surface area contributed by atoms with Crippen LogP contribution in [0.15, 0.2) is 24.3 Å². The summed E-state index contributed by atoms with van der Waals surface area (Å²) in [6, 6.07) is 7.95. The molecule has 1 rings (SSSR count). The molecule has 1 amide bonds. The van der Waals surface area contributed by atoms with E-state index in [-0.39, 0.29) is 5.91 Å². The van der Waals surface area contributed by atoms with E-state index in [2.05, 4.69) is 31.0 Å². The van der Waals surface area contributed by atoms with E-state index in [1.54, 1.807) is 6.07 Å². The van der Waals surface area contributed by atoms with E-state index in [0.29, 0.717) is 18.2 Å². The summed E-state index contributed by atoms with van der Waals surface area (Å²) in [7, 11) is 0. The highest BCUT2D eigenvalue weighted by molar-refractivity contribution is 5.94. The largest absolute Gasteiger partial charge is 0.366 e. The van der Waals surface area contributed by atoms with Gasteiger partial charge in [-0.2, -0.15) is 0 Å². The molecule has 1 unspecified atom stereocenters. The van der Waals surface area contributed by atoms with E-state index in [1.807, 2.05) is 18.2 Å². The predicted octanol–water partition coefficient (Wildman–Crippen LogP) is 2.39. The van der Waals surface area contributed by atoms with E-state index < -0.39 is 0 Å². The van der Waals surface area contributed by atoms with Crippen LogP contribution in [0.3, 0.4) is 0 Å². The Morgan fingerprint density at radius 1 is 1.29 bits per heavy atom. The Morgan fingerprint density at radius 2 is 1.95 bits per heavy atom. The van der Waals surface area contributed by atoms with Gasteiger partial charge < -0.3 is 16.0 Å². The quantitative estimate of drug-likeness (QED) is 0.696. The molecule has 1 aromatic carbocycles. The molecule has 0 fully saturated rings. The summed E-state index contributed by atoms with van der Waals surface area (Å²) in [6.07, 6.45) is 2.32. The molecule has 0 saturated carbocycles. The first-order valence-electron chi connectivity index (χ1n) is 7.91. The van der Waals surface area contributed by atoms with Crippen molar-refractivity contribution in [3.8, 4) is 0 Å². The Bertz CT molecular complexity index is 430. The predicted molar refractivity (Wildman–Crippen MR) is 88.3 cm³/mol. The Kier molecular flexibility index (Phi) is 8.01. The monoisotopic (exact) mass is 291 g/mol. The molecule has 0 spiro atoms. The van der Waals surface area contributed by atoms with E-state index in [0.717, 1.165) is 31.6 Å². The van der Waals surface area contributed by atoms with E-state index in [4.69, 9.17) is 5.73 Å². The van der Waals surface area contributed by atoms with Crippen LogP contribution in [0.1, 0.15) is 49.5 Å². The minimum atomic E-state index is -0.360. The summed E-state index contributed by atoms with van der Waals surface area (Å²) >= 11 is 0. The van der Waals surface area contributed by atoms with Gasteiger partial charge in [0.25, 0.3) is 0 Å². The van der Waals surface area contributed by atoms with E-state index in [9.17, 15) is 4.79 Å². The Balaban J connectivity index is 2.36. The van der Waals surface area contributed by atoms with Gasteiger partial charge in [0.1, 0.15) is 0 Å². The number of carbonyl (C=O) groups excluding carboxylic acids is 1. The van der Waals surface area contributed by atoms with Crippen molar-refractivity contribution in [2.24, 2.45) is 5.73 Å². The number of rotatable bonds is 10. The van der Waals surface area contributed by atoms with Crippen LogP contribution < -0.4 is 11.1 Å². The summed E-state index contributed by atoms with van der Waals surface area (Å²) in [5.41, 5.74) is 6.98. The van der Waals surface area contributed by atoms with Gasteiger partial charge in [-0.25, -0.2) is 0 Å². The van der Waals surface area contributed by atoms with Crippen molar-refractivity contribution in [3.63, 3.8) is 0 Å². The molecule has 4 heteroatoms. The Labute approximate surface area is 128 Å². The third-order valence-corrected chi connectivity index (χ3v) is 3.93. The maximum absolute atomic E-state index is 11.4. The van der Waals surface area contributed by atoms with Crippen LogP contribution in [-0.4, -0.2) is 36.5 Å². The van der Waals surface area contributed by atoms with Crippen molar-refractivity contribution in [2.75, 3.05) is 19.6 Å². The van der Waals surface area contributed by atoms with E-state index >= 15 is 0 Å². The van der Waals surface area contributed by atoms with Crippen molar-refractivity contribution < 1.29 is 4.79 Å². The first kappa shape index (κ1) is 17.7. The van der Waals surface area contributed by atoms with Gasteiger partial charge in [-0.3, -0.25) is 4.79 Å². The summed E-state index contributed by atoms with van der Waals surface area (Å²) in [5.74, 6) is -0.360. The summed E-state index contributed by atoms with van der Waals surface area (Å²) in [6.45, 7) is 10.7. The second kappa shape index (κ2) is 9.53. The van der Waals surface area contributed by atoms with Gasteiger partial charge >= 0.3 is 0 Å². The average molecular weight is 291 g/mol. The van der Waals surface area contributed by atoms with Crippen molar-refractivity contribution >= 4 is 5.91 Å². The molecule has 0 heterocycles. The third kappa shape index (κ3) is 6.27. The maximum atomic E-state index is 11.4. The average Bonchev–Trinajstić information content (AvgIpc) is 2.49. The van der Waals surface area contributed by atoms with Crippen molar-refractivity contribution in [2.45, 2.75) is 46.2 Å². The van der Waals surface area contributed by atoms with Crippen LogP contribution in [0.2, 0.25) is 0 Å². The molecule has 0 aromatic heterocycles. The first-order valence-corrected chi connectivity index (χ1v) is 7.91. The van der Waals surface area contributed by atoms with Crippen LogP contribution >= 0.6 is 0 Å². The van der Waals surface area contributed by atoms with Gasteiger partial charge in [0.05, 0.1) is 0 Å². The number of hydrogen-bond donors (Lipinski definition) is 2. The molecule has 0 aliphatic carbocycles. The lowest BCUT2D eigenvalue weighted by atomic mass is 10.1. The topological polar surface area (TPSA) is 58.4 Å². The fraction of sp³-hybridized carbons (Fsp3) is 0.588. The number of benzene rings is 1. The molecule has 3 N–H and O–H groups in total. The van der Waals surface area contributed by atoms with Crippen LogP contribution in [0.5, 0.6) is 0 Å². The van der Waals surface area contributed by atoms with Crippen LogP contribution in [0.4, 0.5) is 0 Å². The molecule has 1 atom stereocenters. The maximum Gasteiger partial charge on any atom is 0.249 e. The minimum absolute atomic E-state index is 0.360. The zero-order valence-electron chi connectivity index (χ0n) is 13.6. The summed E-state index contributed by atoms with van der Waals surface area (Å²) < 4.78 is 0. The third-order valence-electron chi connectivity index (χ3n) is 3.93. The molecular formula is C17H29N3O. The highest BCUT2D eigenvalue weighted by Gasteiger charge is 2.08. The standard InChI is InChI=1S/C17H29N3O/c1-4-20(5-2)12-8-9-14(3)19-13-15-10-6-7-11-16(15)17(18)21/h6-7,10-11,14,19H,4-5,8-9,12-13H2,1-3H3,(H2,18,21).